The largest absolute Gasteiger partial charge is 0.497 e. The van der Waals surface area contributed by atoms with Crippen LogP contribution >= 0.6 is 0 Å². The van der Waals surface area contributed by atoms with Crippen molar-refractivity contribution in [2.24, 2.45) is 0 Å². The number of amides is 1. The minimum Gasteiger partial charge on any atom is -0.497 e. The molecule has 0 spiro atoms. The van der Waals surface area contributed by atoms with E-state index in [0.717, 1.165) is 40.7 Å². The van der Waals surface area contributed by atoms with E-state index in [2.05, 4.69) is 40.5 Å². The number of carbonyl (C=O) groups excluding carboxylic acids is 1. The number of nitrogens with one attached hydrogen (secondary N) is 1. The molecule has 5 nitrogen and oxygen atoms in total. The number of nitrogens with zero attached hydrogens (tertiary/aromatic N) is 1. The van der Waals surface area contributed by atoms with E-state index in [1.165, 1.54) is 0 Å². The third-order valence-corrected chi connectivity index (χ3v) is 5.69. The molecule has 1 aliphatic rings. The molecule has 0 aromatic heterocycles. The van der Waals surface area contributed by atoms with Gasteiger partial charge < -0.3 is 14.8 Å². The number of fused-ring (bicyclic) bond motifs is 1. The van der Waals surface area contributed by atoms with Crippen LogP contribution in [0.25, 0.3) is 10.8 Å². The second-order valence-electron chi connectivity index (χ2n) is 7.56. The summed E-state index contributed by atoms with van der Waals surface area (Å²) in [6.45, 7) is 3.67. The second kappa shape index (κ2) is 9.74. The predicted octanol–water partition coefficient (Wildman–Crippen LogP) is 3.58. The first kappa shape index (κ1) is 20.4. The van der Waals surface area contributed by atoms with Gasteiger partial charge in [-0.2, -0.15) is 0 Å². The van der Waals surface area contributed by atoms with E-state index in [1.54, 1.807) is 7.11 Å². The lowest BCUT2D eigenvalue weighted by Gasteiger charge is -2.35. The van der Waals surface area contributed by atoms with E-state index in [0.29, 0.717) is 26.2 Å². The molecule has 0 aliphatic carbocycles. The number of ether oxygens (including phenoxy) is 2. The van der Waals surface area contributed by atoms with Crippen molar-refractivity contribution in [3.05, 3.63) is 77.9 Å². The maximum absolute atomic E-state index is 12.8. The highest BCUT2D eigenvalue weighted by atomic mass is 16.5. The van der Waals surface area contributed by atoms with Crippen molar-refractivity contribution in [2.45, 2.75) is 12.5 Å². The molecule has 1 atom stereocenters. The molecule has 0 saturated carbocycles. The summed E-state index contributed by atoms with van der Waals surface area (Å²) in [7, 11) is 1.68. The number of rotatable bonds is 7. The zero-order chi connectivity index (χ0) is 20.8. The van der Waals surface area contributed by atoms with Crippen molar-refractivity contribution < 1.29 is 14.3 Å². The minimum absolute atomic E-state index is 0.0347. The molecular formula is C25H28N2O3. The first-order chi connectivity index (χ1) is 14.7. The van der Waals surface area contributed by atoms with Crippen LogP contribution in [0.1, 0.15) is 17.2 Å². The minimum atomic E-state index is 0.0347. The van der Waals surface area contributed by atoms with Crippen molar-refractivity contribution in [3.63, 3.8) is 0 Å². The van der Waals surface area contributed by atoms with Crippen molar-refractivity contribution >= 4 is 16.7 Å². The molecular weight excluding hydrogens is 376 g/mol. The summed E-state index contributed by atoms with van der Waals surface area (Å²) in [6, 6.07) is 22.5. The average molecular weight is 405 g/mol. The first-order valence-electron chi connectivity index (χ1n) is 10.4. The Morgan fingerprint density at radius 1 is 1.07 bits per heavy atom. The predicted molar refractivity (Wildman–Crippen MR) is 119 cm³/mol. The van der Waals surface area contributed by atoms with E-state index < -0.39 is 0 Å². The zero-order valence-electron chi connectivity index (χ0n) is 17.3. The van der Waals surface area contributed by atoms with Gasteiger partial charge in [-0.1, -0.05) is 54.6 Å². The molecule has 3 aromatic rings. The number of hydrogen-bond donors (Lipinski definition) is 1. The Bertz CT molecular complexity index is 993. The number of morpholine rings is 1. The Kier molecular flexibility index (Phi) is 6.62. The van der Waals surface area contributed by atoms with Crippen LogP contribution in [-0.2, 0) is 16.0 Å². The van der Waals surface area contributed by atoms with Crippen LogP contribution in [0, 0.1) is 0 Å². The smallest absolute Gasteiger partial charge is 0.224 e. The molecule has 1 amide bonds. The van der Waals surface area contributed by atoms with E-state index in [4.69, 9.17) is 9.47 Å². The number of hydrogen-bond acceptors (Lipinski definition) is 4. The third-order valence-electron chi connectivity index (χ3n) is 5.69. The maximum Gasteiger partial charge on any atom is 0.224 e. The summed E-state index contributed by atoms with van der Waals surface area (Å²) in [4.78, 5) is 15.2. The molecule has 5 heteroatoms. The number of benzene rings is 3. The highest BCUT2D eigenvalue weighted by Gasteiger charge is 2.23. The van der Waals surface area contributed by atoms with E-state index in [9.17, 15) is 4.79 Å². The van der Waals surface area contributed by atoms with Crippen LogP contribution in [-0.4, -0.2) is 50.8 Å². The topological polar surface area (TPSA) is 50.8 Å². The summed E-state index contributed by atoms with van der Waals surface area (Å²) in [5.74, 6) is 0.861. The second-order valence-corrected chi connectivity index (χ2v) is 7.56. The Hall–Kier alpha value is -2.89. The van der Waals surface area contributed by atoms with Gasteiger partial charge in [-0.15, -0.1) is 0 Å². The molecule has 0 bridgehead atoms. The summed E-state index contributed by atoms with van der Waals surface area (Å²) in [5.41, 5.74) is 2.19. The van der Waals surface area contributed by atoms with Crippen molar-refractivity contribution in [3.8, 4) is 5.75 Å². The van der Waals surface area contributed by atoms with Crippen LogP contribution in [0.4, 0.5) is 0 Å². The van der Waals surface area contributed by atoms with Gasteiger partial charge in [-0.3, -0.25) is 9.69 Å². The molecule has 3 aromatic carbocycles. The maximum atomic E-state index is 12.8. The standard InChI is InChI=1S/C25H28N2O3/c1-29-22-10-5-9-21(16-22)24(27-12-14-30-15-13-27)18-26-25(28)17-20-8-4-7-19-6-2-3-11-23(19)20/h2-11,16,24H,12-15,17-18H2,1H3,(H,26,28)/t24-/m1/s1. The molecule has 1 aliphatic heterocycles. The van der Waals surface area contributed by atoms with Crippen molar-refractivity contribution in [1.29, 1.82) is 0 Å². The molecule has 1 fully saturated rings. The van der Waals surface area contributed by atoms with Crippen LogP contribution in [0.2, 0.25) is 0 Å². The fourth-order valence-electron chi connectivity index (χ4n) is 4.09. The van der Waals surface area contributed by atoms with Gasteiger partial charge in [0.2, 0.25) is 5.91 Å². The zero-order valence-corrected chi connectivity index (χ0v) is 17.3. The fourth-order valence-corrected chi connectivity index (χ4v) is 4.09. The van der Waals surface area contributed by atoms with Crippen molar-refractivity contribution in [2.75, 3.05) is 40.0 Å². The molecule has 0 unspecified atom stereocenters. The molecule has 0 radical (unpaired) electrons. The lowest BCUT2D eigenvalue weighted by atomic mass is 10.0. The number of carbonyl (C=O) groups is 1. The SMILES string of the molecule is COc1cccc([C@@H](CNC(=O)Cc2cccc3ccccc23)N2CCOCC2)c1. The summed E-state index contributed by atoms with van der Waals surface area (Å²) < 4.78 is 10.9. The average Bonchev–Trinajstić information content (AvgIpc) is 2.80. The third kappa shape index (κ3) is 4.81. The van der Waals surface area contributed by atoms with Gasteiger partial charge >= 0.3 is 0 Å². The van der Waals surface area contributed by atoms with Crippen LogP contribution in [0.3, 0.4) is 0 Å². The monoisotopic (exact) mass is 404 g/mol. The fraction of sp³-hybridized carbons (Fsp3) is 0.320. The Morgan fingerprint density at radius 2 is 1.83 bits per heavy atom. The van der Waals surface area contributed by atoms with E-state index in [1.807, 2.05) is 36.4 Å². The van der Waals surface area contributed by atoms with Gasteiger partial charge in [0.1, 0.15) is 5.75 Å². The van der Waals surface area contributed by atoms with E-state index >= 15 is 0 Å². The summed E-state index contributed by atoms with van der Waals surface area (Å²) in [6.07, 6.45) is 0.370. The van der Waals surface area contributed by atoms with Gasteiger partial charge in [-0.05, 0) is 34.0 Å². The quantitative estimate of drug-likeness (QED) is 0.654. The molecule has 30 heavy (non-hydrogen) atoms. The van der Waals surface area contributed by atoms with E-state index in [-0.39, 0.29) is 11.9 Å². The normalized spacial score (nSPS) is 15.6. The Labute approximate surface area is 177 Å². The van der Waals surface area contributed by atoms with Gasteiger partial charge in [-0.25, -0.2) is 0 Å². The van der Waals surface area contributed by atoms with Gasteiger partial charge in [0.15, 0.2) is 0 Å². The molecule has 1 heterocycles. The summed E-state index contributed by atoms with van der Waals surface area (Å²) in [5, 5.41) is 5.46. The molecule has 1 N–H and O–H groups in total. The van der Waals surface area contributed by atoms with Crippen LogP contribution in [0.15, 0.2) is 66.7 Å². The first-order valence-corrected chi connectivity index (χ1v) is 10.4. The molecule has 4 rings (SSSR count). The molecule has 1 saturated heterocycles. The lowest BCUT2D eigenvalue weighted by Crippen LogP contribution is -2.44. The number of methoxy groups -OCH3 is 1. The van der Waals surface area contributed by atoms with Crippen molar-refractivity contribution in [1.82, 2.24) is 10.2 Å². The Morgan fingerprint density at radius 3 is 2.67 bits per heavy atom. The summed E-state index contributed by atoms with van der Waals surface area (Å²) >= 11 is 0. The van der Waals surface area contributed by atoms with Crippen LogP contribution in [0.5, 0.6) is 5.75 Å². The highest BCUT2D eigenvalue weighted by Crippen LogP contribution is 2.25. The lowest BCUT2D eigenvalue weighted by molar-refractivity contribution is -0.120. The van der Waals surface area contributed by atoms with Gasteiger partial charge in [0, 0.05) is 19.6 Å². The highest BCUT2D eigenvalue weighted by molar-refractivity contribution is 5.90. The Balaban J connectivity index is 1.48. The van der Waals surface area contributed by atoms with Gasteiger partial charge in [0.05, 0.1) is 32.8 Å². The van der Waals surface area contributed by atoms with Gasteiger partial charge in [0.25, 0.3) is 0 Å². The molecule has 156 valence electrons. The van der Waals surface area contributed by atoms with Crippen LogP contribution < -0.4 is 10.1 Å².